The zero-order valence-electron chi connectivity index (χ0n) is 15.7. The summed E-state index contributed by atoms with van der Waals surface area (Å²) in [5.41, 5.74) is 2.99. The molecule has 0 fully saturated rings. The first-order chi connectivity index (χ1) is 13.8. The summed E-state index contributed by atoms with van der Waals surface area (Å²) in [5, 5.41) is 17.4. The van der Waals surface area contributed by atoms with E-state index >= 15 is 0 Å². The number of furan rings is 1. The normalized spacial score (nSPS) is 13.3. The molecule has 4 aromatic rings. The molecule has 0 radical (unpaired) electrons. The second-order valence-electron chi connectivity index (χ2n) is 7.14. The highest BCUT2D eigenvalue weighted by molar-refractivity contribution is 7.89. The summed E-state index contributed by atoms with van der Waals surface area (Å²) in [4.78, 5) is 11.4. The lowest BCUT2D eigenvalue weighted by molar-refractivity contribution is -0.140. The Morgan fingerprint density at radius 2 is 1.90 bits per heavy atom. The first kappa shape index (κ1) is 19.2. The van der Waals surface area contributed by atoms with Gasteiger partial charge in [-0.05, 0) is 41.8 Å². The second kappa shape index (κ2) is 7.02. The Morgan fingerprint density at radius 3 is 2.55 bits per heavy atom. The number of sulfonamides is 1. The molecule has 2 aromatic heterocycles. The lowest BCUT2D eigenvalue weighted by atomic mass is 10.1. The quantitative estimate of drug-likeness (QED) is 0.445. The number of nitrogens with one attached hydrogen (secondary N) is 2. The summed E-state index contributed by atoms with van der Waals surface area (Å²) in [6.07, 6.45) is 3.47. The molecule has 0 aliphatic rings. The van der Waals surface area contributed by atoms with Crippen LogP contribution in [-0.2, 0) is 14.8 Å². The largest absolute Gasteiger partial charge is 0.480 e. The van der Waals surface area contributed by atoms with E-state index in [2.05, 4.69) is 14.9 Å². The van der Waals surface area contributed by atoms with Crippen molar-refractivity contribution in [2.24, 2.45) is 5.92 Å². The van der Waals surface area contributed by atoms with Crippen molar-refractivity contribution in [3.63, 3.8) is 0 Å². The van der Waals surface area contributed by atoms with Crippen LogP contribution in [0.5, 0.6) is 0 Å². The maximum absolute atomic E-state index is 12.7. The predicted octanol–water partition coefficient (Wildman–Crippen LogP) is 3.36. The third-order valence-corrected chi connectivity index (χ3v) is 6.24. The minimum Gasteiger partial charge on any atom is -0.480 e. The molecule has 3 N–H and O–H groups in total. The van der Waals surface area contributed by atoms with Crippen LogP contribution in [0, 0.1) is 5.92 Å². The van der Waals surface area contributed by atoms with Gasteiger partial charge in [0.1, 0.15) is 17.2 Å². The van der Waals surface area contributed by atoms with E-state index in [1.165, 1.54) is 12.1 Å². The lowest BCUT2D eigenvalue weighted by Crippen LogP contribution is -2.44. The molecule has 0 amide bonds. The molecule has 2 aromatic carbocycles. The summed E-state index contributed by atoms with van der Waals surface area (Å²) in [7, 11) is -4.02. The molecule has 0 aliphatic carbocycles. The van der Waals surface area contributed by atoms with Crippen molar-refractivity contribution >= 4 is 37.9 Å². The molecule has 0 aliphatic heterocycles. The number of hydrogen-bond acceptors (Lipinski definition) is 5. The van der Waals surface area contributed by atoms with E-state index in [-0.39, 0.29) is 4.90 Å². The first-order valence-corrected chi connectivity index (χ1v) is 10.5. The number of carboxylic acids is 1. The number of rotatable bonds is 6. The molecule has 4 rings (SSSR count). The smallest absolute Gasteiger partial charge is 0.322 e. The Labute approximate surface area is 166 Å². The molecule has 0 spiro atoms. The number of nitrogens with zero attached hydrogens (tertiary/aromatic N) is 1. The number of H-pyrrole nitrogens is 1. The SMILES string of the molecule is CC(C)[C@@H](NS(=O)(=O)c1ccc2oc3cc(-c4cn[nH]c4)ccc3c2c1)C(=O)O. The van der Waals surface area contributed by atoms with Gasteiger partial charge in [0.25, 0.3) is 0 Å². The van der Waals surface area contributed by atoms with Gasteiger partial charge in [-0.3, -0.25) is 9.89 Å². The van der Waals surface area contributed by atoms with Crippen LogP contribution >= 0.6 is 0 Å². The average molecular weight is 413 g/mol. The molecule has 29 heavy (non-hydrogen) atoms. The molecule has 0 unspecified atom stereocenters. The molecule has 0 saturated heterocycles. The summed E-state index contributed by atoms with van der Waals surface area (Å²) >= 11 is 0. The van der Waals surface area contributed by atoms with E-state index in [1.54, 1.807) is 32.3 Å². The van der Waals surface area contributed by atoms with Gasteiger partial charge in [0.2, 0.25) is 10.0 Å². The Bertz CT molecular complexity index is 1310. The number of aromatic nitrogens is 2. The fourth-order valence-electron chi connectivity index (χ4n) is 3.22. The van der Waals surface area contributed by atoms with Crippen LogP contribution in [0.3, 0.4) is 0 Å². The highest BCUT2D eigenvalue weighted by Crippen LogP contribution is 2.33. The van der Waals surface area contributed by atoms with Crippen molar-refractivity contribution in [2.45, 2.75) is 24.8 Å². The molecule has 0 bridgehead atoms. The van der Waals surface area contributed by atoms with E-state index in [4.69, 9.17) is 4.42 Å². The Kier molecular flexibility index (Phi) is 4.64. The fraction of sp³-hybridized carbons (Fsp3) is 0.200. The van der Waals surface area contributed by atoms with Crippen molar-refractivity contribution in [1.29, 1.82) is 0 Å². The highest BCUT2D eigenvalue weighted by atomic mass is 32.2. The number of fused-ring (bicyclic) bond motifs is 3. The van der Waals surface area contributed by atoms with E-state index in [9.17, 15) is 18.3 Å². The number of carboxylic acid groups (broad SMARTS) is 1. The van der Waals surface area contributed by atoms with Gasteiger partial charge in [-0.1, -0.05) is 19.9 Å². The van der Waals surface area contributed by atoms with Gasteiger partial charge in [0.05, 0.1) is 11.1 Å². The monoisotopic (exact) mass is 413 g/mol. The summed E-state index contributed by atoms with van der Waals surface area (Å²) in [5.74, 6) is -1.62. The lowest BCUT2D eigenvalue weighted by Gasteiger charge is -2.17. The molecule has 8 nitrogen and oxygen atoms in total. The van der Waals surface area contributed by atoms with Gasteiger partial charge in [-0.25, -0.2) is 8.42 Å². The predicted molar refractivity (Wildman–Crippen MR) is 108 cm³/mol. The van der Waals surface area contributed by atoms with E-state index in [1.807, 2.05) is 18.2 Å². The van der Waals surface area contributed by atoms with E-state index < -0.39 is 28.0 Å². The zero-order valence-corrected chi connectivity index (χ0v) is 16.5. The molecule has 9 heteroatoms. The third-order valence-electron chi connectivity index (χ3n) is 4.80. The topological polar surface area (TPSA) is 125 Å². The van der Waals surface area contributed by atoms with Crippen LogP contribution < -0.4 is 4.72 Å². The summed E-state index contributed by atoms with van der Waals surface area (Å²) in [6.45, 7) is 3.29. The minimum absolute atomic E-state index is 0.0153. The van der Waals surface area contributed by atoms with E-state index in [0.717, 1.165) is 16.5 Å². The van der Waals surface area contributed by atoms with Crippen LogP contribution in [0.15, 0.2) is 58.1 Å². The van der Waals surface area contributed by atoms with Crippen molar-refractivity contribution in [3.05, 3.63) is 48.8 Å². The van der Waals surface area contributed by atoms with Crippen LogP contribution in [0.1, 0.15) is 13.8 Å². The third kappa shape index (κ3) is 3.50. The van der Waals surface area contributed by atoms with Crippen LogP contribution in [0.25, 0.3) is 33.1 Å². The number of hydrogen-bond donors (Lipinski definition) is 3. The Hall–Kier alpha value is -3.17. The standard InChI is InChI=1S/C20H19N3O5S/c1-11(2)19(20(24)25)23-29(26,27)14-4-6-17-16(8-14)15-5-3-12(7-18(15)28-17)13-9-21-22-10-13/h3-11,19,23H,1-2H3,(H,21,22)(H,24,25)/t19-/m1/s1. The second-order valence-corrected chi connectivity index (χ2v) is 8.85. The van der Waals surface area contributed by atoms with Crippen molar-refractivity contribution in [3.8, 4) is 11.1 Å². The van der Waals surface area contributed by atoms with E-state index in [0.29, 0.717) is 16.6 Å². The van der Waals surface area contributed by atoms with Crippen molar-refractivity contribution in [1.82, 2.24) is 14.9 Å². The molecular formula is C20H19N3O5S. The number of aromatic amines is 1. The van der Waals surface area contributed by atoms with Crippen molar-refractivity contribution < 1.29 is 22.7 Å². The van der Waals surface area contributed by atoms with Gasteiger partial charge < -0.3 is 9.52 Å². The van der Waals surface area contributed by atoms with Gasteiger partial charge in [-0.15, -0.1) is 0 Å². The molecule has 2 heterocycles. The number of benzene rings is 2. The fourth-order valence-corrected chi connectivity index (χ4v) is 4.58. The van der Waals surface area contributed by atoms with Crippen LogP contribution in [-0.4, -0.2) is 35.7 Å². The average Bonchev–Trinajstić information content (AvgIpc) is 3.32. The Morgan fingerprint density at radius 1 is 1.10 bits per heavy atom. The van der Waals surface area contributed by atoms with Gasteiger partial charge in [0.15, 0.2) is 0 Å². The van der Waals surface area contributed by atoms with Crippen molar-refractivity contribution in [2.75, 3.05) is 0 Å². The summed E-state index contributed by atoms with van der Waals surface area (Å²) < 4.78 is 33.6. The summed E-state index contributed by atoms with van der Waals surface area (Å²) in [6, 6.07) is 8.90. The van der Waals surface area contributed by atoms with Gasteiger partial charge in [-0.2, -0.15) is 9.82 Å². The molecule has 0 saturated carbocycles. The maximum atomic E-state index is 12.7. The first-order valence-electron chi connectivity index (χ1n) is 8.97. The number of aliphatic carboxylic acids is 1. The molecule has 1 atom stereocenters. The van der Waals surface area contributed by atoms with Gasteiger partial charge in [0, 0.05) is 22.5 Å². The highest BCUT2D eigenvalue weighted by Gasteiger charge is 2.28. The van der Waals surface area contributed by atoms with Gasteiger partial charge >= 0.3 is 5.97 Å². The van der Waals surface area contributed by atoms with Crippen LogP contribution in [0.2, 0.25) is 0 Å². The maximum Gasteiger partial charge on any atom is 0.322 e. The molecular weight excluding hydrogens is 394 g/mol. The Balaban J connectivity index is 1.77. The van der Waals surface area contributed by atoms with Crippen LogP contribution in [0.4, 0.5) is 0 Å². The zero-order chi connectivity index (χ0) is 20.8. The minimum atomic E-state index is -4.02. The number of carbonyl (C=O) groups is 1. The molecule has 150 valence electrons.